The number of benzene rings is 2. The second-order valence-corrected chi connectivity index (χ2v) is 5.67. The average Bonchev–Trinajstić information content (AvgIpc) is 2.62. The molecular weight excluding hydrogens is 354 g/mol. The summed E-state index contributed by atoms with van der Waals surface area (Å²) < 4.78 is 32.3. The number of nitrogens with zero attached hydrogens (tertiary/aromatic N) is 1. The van der Waals surface area contributed by atoms with E-state index < -0.39 is 11.7 Å². The van der Waals surface area contributed by atoms with Gasteiger partial charge in [0.25, 0.3) is 5.91 Å². The molecule has 6 nitrogen and oxygen atoms in total. The van der Waals surface area contributed by atoms with E-state index in [4.69, 9.17) is 16.2 Å². The summed E-state index contributed by atoms with van der Waals surface area (Å²) in [5, 5.41) is 2.57. The number of anilines is 2. The van der Waals surface area contributed by atoms with Crippen LogP contribution in [0.25, 0.3) is 0 Å². The highest BCUT2D eigenvalue weighted by atomic mass is 19.1. The Hall–Kier alpha value is -3.68. The fourth-order valence-electron chi connectivity index (χ4n) is 2.36. The molecule has 138 valence electrons. The molecular formula is C19H16F2N4O2. The van der Waals surface area contributed by atoms with Gasteiger partial charge in [0.05, 0.1) is 0 Å². The SMILES string of the molecule is Nc1cc(F)c(C(=O)NCc2ccc(Oc3ccc(F)cc3)cc2)c(N)n1. The van der Waals surface area contributed by atoms with E-state index >= 15 is 0 Å². The van der Waals surface area contributed by atoms with Crippen molar-refractivity contribution in [3.05, 3.63) is 77.4 Å². The van der Waals surface area contributed by atoms with Gasteiger partial charge in [-0.1, -0.05) is 12.1 Å². The minimum Gasteiger partial charge on any atom is -0.457 e. The van der Waals surface area contributed by atoms with Crippen molar-refractivity contribution < 1.29 is 18.3 Å². The quantitative estimate of drug-likeness (QED) is 0.640. The molecule has 5 N–H and O–H groups in total. The van der Waals surface area contributed by atoms with Gasteiger partial charge in [-0.05, 0) is 42.0 Å². The third-order valence-electron chi connectivity index (χ3n) is 3.67. The maximum atomic E-state index is 13.9. The molecule has 0 spiro atoms. The van der Waals surface area contributed by atoms with Crippen LogP contribution in [0.2, 0.25) is 0 Å². The molecule has 0 atom stereocenters. The summed E-state index contributed by atoms with van der Waals surface area (Å²) >= 11 is 0. The van der Waals surface area contributed by atoms with Crippen LogP contribution in [-0.4, -0.2) is 10.9 Å². The Bertz CT molecular complexity index is 937. The van der Waals surface area contributed by atoms with E-state index in [1.807, 2.05) is 0 Å². The van der Waals surface area contributed by atoms with Crippen LogP contribution in [0.1, 0.15) is 15.9 Å². The Morgan fingerprint density at radius 3 is 2.19 bits per heavy atom. The zero-order valence-corrected chi connectivity index (χ0v) is 14.1. The summed E-state index contributed by atoms with van der Waals surface area (Å²) in [4.78, 5) is 15.8. The highest BCUT2D eigenvalue weighted by Gasteiger charge is 2.17. The van der Waals surface area contributed by atoms with Crippen LogP contribution in [0.15, 0.2) is 54.6 Å². The van der Waals surface area contributed by atoms with E-state index in [1.165, 1.54) is 24.3 Å². The first kappa shape index (κ1) is 18.1. The predicted molar refractivity (Wildman–Crippen MR) is 97.1 cm³/mol. The Morgan fingerprint density at radius 1 is 1.00 bits per heavy atom. The van der Waals surface area contributed by atoms with Crippen LogP contribution in [0.5, 0.6) is 11.5 Å². The number of rotatable bonds is 5. The minimum absolute atomic E-state index is 0.0988. The number of carbonyl (C=O) groups excluding carboxylic acids is 1. The van der Waals surface area contributed by atoms with Crippen LogP contribution in [0.4, 0.5) is 20.4 Å². The average molecular weight is 370 g/mol. The number of halogens is 2. The van der Waals surface area contributed by atoms with Crippen molar-refractivity contribution in [3.63, 3.8) is 0 Å². The van der Waals surface area contributed by atoms with Gasteiger partial charge in [0.15, 0.2) is 0 Å². The molecule has 27 heavy (non-hydrogen) atoms. The van der Waals surface area contributed by atoms with Crippen molar-refractivity contribution in [2.75, 3.05) is 11.5 Å². The minimum atomic E-state index is -0.833. The molecule has 0 aliphatic heterocycles. The molecule has 8 heteroatoms. The first-order chi connectivity index (χ1) is 12.9. The Balaban J connectivity index is 1.62. The molecule has 0 bridgehead atoms. The zero-order valence-electron chi connectivity index (χ0n) is 14.1. The molecule has 3 aromatic rings. The molecule has 0 saturated heterocycles. The van der Waals surface area contributed by atoms with Crippen LogP contribution in [0, 0.1) is 11.6 Å². The van der Waals surface area contributed by atoms with E-state index in [1.54, 1.807) is 24.3 Å². The second-order valence-electron chi connectivity index (χ2n) is 5.67. The Labute approximate surface area is 153 Å². The molecule has 0 saturated carbocycles. The van der Waals surface area contributed by atoms with Gasteiger partial charge in [-0.3, -0.25) is 4.79 Å². The first-order valence-electron chi connectivity index (χ1n) is 7.94. The number of nitrogens with one attached hydrogen (secondary N) is 1. The number of nitrogen functional groups attached to an aromatic ring is 2. The van der Waals surface area contributed by atoms with Gasteiger partial charge in [-0.2, -0.15) is 0 Å². The molecule has 0 radical (unpaired) electrons. The molecule has 3 rings (SSSR count). The van der Waals surface area contributed by atoms with E-state index in [0.29, 0.717) is 11.5 Å². The lowest BCUT2D eigenvalue weighted by atomic mass is 10.2. The number of pyridine rings is 1. The number of hydrogen-bond acceptors (Lipinski definition) is 5. The summed E-state index contributed by atoms with van der Waals surface area (Å²) in [6, 6.07) is 13.4. The molecule has 1 heterocycles. The lowest BCUT2D eigenvalue weighted by molar-refractivity contribution is 0.0947. The van der Waals surface area contributed by atoms with Gasteiger partial charge < -0.3 is 21.5 Å². The standard InChI is InChI=1S/C19H16F2N4O2/c20-12-3-7-14(8-4-12)27-13-5-1-11(2-6-13)10-24-19(26)17-15(21)9-16(22)25-18(17)23/h1-9H,10H2,(H,24,26)(H4,22,23,25). The molecule has 0 aliphatic rings. The number of hydrogen-bond donors (Lipinski definition) is 3. The number of carbonyl (C=O) groups is 1. The smallest absolute Gasteiger partial charge is 0.258 e. The molecule has 1 amide bonds. The number of amides is 1. The van der Waals surface area contributed by atoms with Crippen LogP contribution >= 0.6 is 0 Å². The van der Waals surface area contributed by atoms with Crippen LogP contribution < -0.4 is 21.5 Å². The monoisotopic (exact) mass is 370 g/mol. The maximum absolute atomic E-state index is 13.9. The number of aromatic nitrogens is 1. The van der Waals surface area contributed by atoms with Gasteiger partial charge in [0, 0.05) is 12.6 Å². The van der Waals surface area contributed by atoms with Crippen molar-refractivity contribution >= 4 is 17.5 Å². The summed E-state index contributed by atoms with van der Waals surface area (Å²) in [5.41, 5.74) is 11.4. The zero-order chi connectivity index (χ0) is 19.4. The highest BCUT2D eigenvalue weighted by Crippen LogP contribution is 2.22. The van der Waals surface area contributed by atoms with Gasteiger partial charge >= 0.3 is 0 Å². The van der Waals surface area contributed by atoms with Gasteiger partial charge in [-0.15, -0.1) is 0 Å². The van der Waals surface area contributed by atoms with E-state index in [0.717, 1.165) is 11.6 Å². The third kappa shape index (κ3) is 4.49. The molecule has 2 aromatic carbocycles. The fraction of sp³-hybridized carbons (Fsp3) is 0.0526. The third-order valence-corrected chi connectivity index (χ3v) is 3.67. The van der Waals surface area contributed by atoms with E-state index in [2.05, 4.69) is 10.3 Å². The van der Waals surface area contributed by atoms with Crippen LogP contribution in [0.3, 0.4) is 0 Å². The van der Waals surface area contributed by atoms with E-state index in [-0.39, 0.29) is 29.6 Å². The summed E-state index contributed by atoms with van der Waals surface area (Å²) in [6.45, 7) is 0.152. The topological polar surface area (TPSA) is 103 Å². The van der Waals surface area contributed by atoms with E-state index in [9.17, 15) is 13.6 Å². The van der Waals surface area contributed by atoms with Gasteiger partial charge in [0.2, 0.25) is 0 Å². The molecule has 0 unspecified atom stereocenters. The lowest BCUT2D eigenvalue weighted by Crippen LogP contribution is -2.25. The number of nitrogens with two attached hydrogens (primary N) is 2. The first-order valence-corrected chi connectivity index (χ1v) is 7.94. The lowest BCUT2D eigenvalue weighted by Gasteiger charge is -2.10. The maximum Gasteiger partial charge on any atom is 0.258 e. The Kier molecular flexibility index (Phi) is 5.16. The van der Waals surface area contributed by atoms with Gasteiger partial charge in [-0.25, -0.2) is 13.8 Å². The molecule has 0 aliphatic carbocycles. The number of ether oxygens (including phenoxy) is 1. The van der Waals surface area contributed by atoms with Crippen molar-refractivity contribution in [3.8, 4) is 11.5 Å². The largest absolute Gasteiger partial charge is 0.457 e. The van der Waals surface area contributed by atoms with Crippen molar-refractivity contribution in [1.29, 1.82) is 0 Å². The second kappa shape index (κ2) is 7.69. The van der Waals surface area contributed by atoms with Crippen molar-refractivity contribution in [2.24, 2.45) is 0 Å². The molecule has 0 fully saturated rings. The summed E-state index contributed by atoms with van der Waals surface area (Å²) in [6.07, 6.45) is 0. The summed E-state index contributed by atoms with van der Waals surface area (Å²) in [7, 11) is 0. The van der Waals surface area contributed by atoms with Crippen molar-refractivity contribution in [1.82, 2.24) is 10.3 Å². The fourth-order valence-corrected chi connectivity index (χ4v) is 2.36. The molecule has 1 aromatic heterocycles. The predicted octanol–water partition coefficient (Wildman–Crippen LogP) is 3.25. The highest BCUT2D eigenvalue weighted by molar-refractivity contribution is 5.98. The van der Waals surface area contributed by atoms with Crippen LogP contribution in [-0.2, 0) is 6.54 Å². The van der Waals surface area contributed by atoms with Crippen molar-refractivity contribution in [2.45, 2.75) is 6.54 Å². The summed E-state index contributed by atoms with van der Waals surface area (Å²) in [5.74, 6) is -1.19. The normalized spacial score (nSPS) is 10.4. The Morgan fingerprint density at radius 2 is 1.59 bits per heavy atom. The van der Waals surface area contributed by atoms with Gasteiger partial charge in [0.1, 0.15) is 40.3 Å².